The van der Waals surface area contributed by atoms with Gasteiger partial charge in [0.2, 0.25) is 0 Å². The molecule has 0 spiro atoms. The van der Waals surface area contributed by atoms with Gasteiger partial charge in [0.15, 0.2) is 6.29 Å². The Labute approximate surface area is 114 Å². The van der Waals surface area contributed by atoms with Gasteiger partial charge in [0.1, 0.15) is 0 Å². The summed E-state index contributed by atoms with van der Waals surface area (Å²) in [5.41, 5.74) is 3.42. The van der Waals surface area contributed by atoms with Gasteiger partial charge in [0.05, 0.1) is 5.92 Å². The van der Waals surface area contributed by atoms with Gasteiger partial charge in [-0.3, -0.25) is 0 Å². The van der Waals surface area contributed by atoms with Crippen molar-refractivity contribution in [2.75, 3.05) is 7.11 Å². The number of hydrogen-bond donors (Lipinski definition) is 1. The highest BCUT2D eigenvalue weighted by molar-refractivity contribution is 5.34. The molecule has 0 aliphatic rings. The molecule has 2 aromatic rings. The van der Waals surface area contributed by atoms with Crippen molar-refractivity contribution < 1.29 is 9.84 Å². The Balaban J connectivity index is 2.37. The summed E-state index contributed by atoms with van der Waals surface area (Å²) in [5, 5.41) is 10.1. The number of ether oxygens (including phenoxy) is 1. The summed E-state index contributed by atoms with van der Waals surface area (Å²) in [5.74, 6) is -0.155. The second-order valence-corrected chi connectivity index (χ2v) is 4.61. The maximum absolute atomic E-state index is 10.1. The monoisotopic (exact) mass is 256 g/mol. The molecule has 2 atom stereocenters. The zero-order valence-electron chi connectivity index (χ0n) is 11.4. The Morgan fingerprint density at radius 2 is 1.53 bits per heavy atom. The predicted molar refractivity (Wildman–Crippen MR) is 77.1 cm³/mol. The minimum atomic E-state index is -0.838. The molecular weight excluding hydrogens is 236 g/mol. The van der Waals surface area contributed by atoms with E-state index >= 15 is 0 Å². The minimum absolute atomic E-state index is 0.155. The van der Waals surface area contributed by atoms with Crippen molar-refractivity contribution in [2.45, 2.75) is 25.6 Å². The third-order valence-corrected chi connectivity index (χ3v) is 3.43. The molecule has 0 saturated heterocycles. The van der Waals surface area contributed by atoms with Gasteiger partial charge in [0.25, 0.3) is 0 Å². The molecule has 0 aliphatic heterocycles. The Kier molecular flexibility index (Phi) is 4.72. The molecule has 1 N–H and O–H groups in total. The van der Waals surface area contributed by atoms with Crippen molar-refractivity contribution in [1.82, 2.24) is 0 Å². The van der Waals surface area contributed by atoms with E-state index in [1.54, 1.807) is 0 Å². The van der Waals surface area contributed by atoms with Crippen molar-refractivity contribution in [2.24, 2.45) is 0 Å². The molecule has 2 heteroatoms. The van der Waals surface area contributed by atoms with Crippen LogP contribution in [-0.4, -0.2) is 18.5 Å². The number of rotatable bonds is 5. The van der Waals surface area contributed by atoms with E-state index in [0.29, 0.717) is 0 Å². The molecule has 0 fully saturated rings. The van der Waals surface area contributed by atoms with E-state index in [1.165, 1.54) is 12.7 Å². The smallest absolute Gasteiger partial charge is 0.165 e. The highest BCUT2D eigenvalue weighted by Gasteiger charge is 2.22. The van der Waals surface area contributed by atoms with Crippen LogP contribution in [0.1, 0.15) is 29.5 Å². The summed E-state index contributed by atoms with van der Waals surface area (Å²) in [6.45, 7) is 2.13. The topological polar surface area (TPSA) is 29.5 Å². The fraction of sp³-hybridized carbons (Fsp3) is 0.294. The van der Waals surface area contributed by atoms with Crippen molar-refractivity contribution in [3.63, 3.8) is 0 Å². The van der Waals surface area contributed by atoms with Crippen LogP contribution in [0.2, 0.25) is 0 Å². The molecule has 0 amide bonds. The normalized spacial score (nSPS) is 14.1. The van der Waals surface area contributed by atoms with Crippen LogP contribution in [0.25, 0.3) is 0 Å². The first-order valence-corrected chi connectivity index (χ1v) is 6.61. The molecule has 0 radical (unpaired) electrons. The summed E-state index contributed by atoms with van der Waals surface area (Å²) < 4.78 is 5.13. The first-order valence-electron chi connectivity index (χ1n) is 6.61. The quantitative estimate of drug-likeness (QED) is 0.831. The van der Waals surface area contributed by atoms with Crippen LogP contribution in [0.3, 0.4) is 0 Å². The molecular formula is C17H20O2. The third-order valence-electron chi connectivity index (χ3n) is 3.43. The van der Waals surface area contributed by atoms with Gasteiger partial charge >= 0.3 is 0 Å². The summed E-state index contributed by atoms with van der Waals surface area (Å²) in [7, 11) is 1.53. The van der Waals surface area contributed by atoms with Crippen LogP contribution in [0, 0.1) is 0 Å². The Morgan fingerprint density at radius 3 is 2.05 bits per heavy atom. The van der Waals surface area contributed by atoms with E-state index < -0.39 is 6.29 Å². The third kappa shape index (κ3) is 3.22. The number of methoxy groups -OCH3 is 1. The highest BCUT2D eigenvalue weighted by atomic mass is 16.6. The van der Waals surface area contributed by atoms with Crippen LogP contribution < -0.4 is 0 Å². The summed E-state index contributed by atoms with van der Waals surface area (Å²) in [6.07, 6.45) is 0.179. The molecule has 2 aromatic carbocycles. The lowest BCUT2D eigenvalue weighted by Crippen LogP contribution is -2.21. The molecule has 0 saturated carbocycles. The Morgan fingerprint density at radius 1 is 0.947 bits per heavy atom. The molecule has 0 aromatic heterocycles. The maximum atomic E-state index is 10.1. The molecule has 100 valence electrons. The second-order valence-electron chi connectivity index (χ2n) is 4.61. The number of hydrogen-bond acceptors (Lipinski definition) is 2. The lowest BCUT2D eigenvalue weighted by atomic mass is 9.90. The van der Waals surface area contributed by atoms with Crippen LogP contribution in [-0.2, 0) is 11.2 Å². The van der Waals surface area contributed by atoms with E-state index in [-0.39, 0.29) is 5.92 Å². The predicted octanol–water partition coefficient (Wildman–Crippen LogP) is 3.35. The lowest BCUT2D eigenvalue weighted by molar-refractivity contribution is -0.0835. The molecule has 2 rings (SSSR count). The van der Waals surface area contributed by atoms with Crippen LogP contribution in [0.15, 0.2) is 54.6 Å². The maximum Gasteiger partial charge on any atom is 0.165 e. The second kappa shape index (κ2) is 6.50. The first-order chi connectivity index (χ1) is 9.26. The van der Waals surface area contributed by atoms with Crippen molar-refractivity contribution in [3.8, 4) is 0 Å². The van der Waals surface area contributed by atoms with Crippen molar-refractivity contribution in [3.05, 3.63) is 71.3 Å². The molecule has 0 aliphatic carbocycles. The van der Waals surface area contributed by atoms with Crippen molar-refractivity contribution in [1.29, 1.82) is 0 Å². The fourth-order valence-electron chi connectivity index (χ4n) is 2.28. The van der Waals surface area contributed by atoms with Gasteiger partial charge in [-0.15, -0.1) is 0 Å². The highest BCUT2D eigenvalue weighted by Crippen LogP contribution is 2.28. The van der Waals surface area contributed by atoms with Gasteiger partial charge in [0, 0.05) is 7.11 Å². The molecule has 19 heavy (non-hydrogen) atoms. The first kappa shape index (κ1) is 13.8. The number of aliphatic hydroxyl groups excluding tert-OH is 1. The van der Waals surface area contributed by atoms with Gasteiger partial charge in [-0.1, -0.05) is 61.5 Å². The van der Waals surface area contributed by atoms with E-state index in [9.17, 15) is 5.11 Å². The average molecular weight is 256 g/mol. The van der Waals surface area contributed by atoms with Gasteiger partial charge in [-0.05, 0) is 23.1 Å². The lowest BCUT2D eigenvalue weighted by Gasteiger charge is -2.23. The average Bonchev–Trinajstić information content (AvgIpc) is 2.49. The van der Waals surface area contributed by atoms with E-state index in [0.717, 1.165) is 17.5 Å². The Hall–Kier alpha value is -1.64. The van der Waals surface area contributed by atoms with E-state index in [2.05, 4.69) is 31.2 Å². The van der Waals surface area contributed by atoms with Crippen LogP contribution >= 0.6 is 0 Å². The summed E-state index contributed by atoms with van der Waals surface area (Å²) in [6, 6.07) is 18.3. The number of aryl methyl sites for hydroxylation is 1. The van der Waals surface area contributed by atoms with Crippen LogP contribution in [0.4, 0.5) is 0 Å². The Bertz CT molecular complexity index is 490. The summed E-state index contributed by atoms with van der Waals surface area (Å²) in [4.78, 5) is 0. The largest absolute Gasteiger partial charge is 0.367 e. The van der Waals surface area contributed by atoms with Gasteiger partial charge in [-0.25, -0.2) is 0 Å². The molecule has 2 nitrogen and oxygen atoms in total. The molecule has 0 bridgehead atoms. The minimum Gasteiger partial charge on any atom is -0.367 e. The number of benzene rings is 2. The zero-order valence-corrected chi connectivity index (χ0v) is 11.4. The molecule has 0 heterocycles. The SMILES string of the molecule is CCc1ccc(C(c2ccccc2)C(O)OC)cc1. The van der Waals surface area contributed by atoms with Gasteiger partial charge in [-0.2, -0.15) is 0 Å². The fourth-order valence-corrected chi connectivity index (χ4v) is 2.28. The van der Waals surface area contributed by atoms with Gasteiger partial charge < -0.3 is 9.84 Å². The summed E-state index contributed by atoms with van der Waals surface area (Å²) >= 11 is 0. The van der Waals surface area contributed by atoms with E-state index in [4.69, 9.17) is 4.74 Å². The van der Waals surface area contributed by atoms with Crippen molar-refractivity contribution >= 4 is 0 Å². The standard InChI is InChI=1S/C17H20O2/c1-3-13-9-11-15(12-10-13)16(17(18)19-2)14-7-5-4-6-8-14/h4-12,16-18H,3H2,1-2H3. The van der Waals surface area contributed by atoms with E-state index in [1.807, 2.05) is 30.3 Å². The van der Waals surface area contributed by atoms with Crippen LogP contribution in [0.5, 0.6) is 0 Å². The number of aliphatic hydroxyl groups is 1. The molecule has 2 unspecified atom stereocenters. The zero-order chi connectivity index (χ0) is 13.7.